The van der Waals surface area contributed by atoms with E-state index < -0.39 is 29.0 Å². The summed E-state index contributed by atoms with van der Waals surface area (Å²) < 4.78 is 5.23. The molecule has 2 aliphatic carbocycles. The number of carboxylic acid groups (broad SMARTS) is 2. The van der Waals surface area contributed by atoms with Crippen LogP contribution in [0.3, 0.4) is 0 Å². The Morgan fingerprint density at radius 2 is 1.30 bits per heavy atom. The molecular formula is C29H55BrN6O7. The highest BCUT2D eigenvalue weighted by molar-refractivity contribution is 9.09. The predicted molar refractivity (Wildman–Crippen MR) is 169 cm³/mol. The Morgan fingerprint density at radius 3 is 1.74 bits per heavy atom. The van der Waals surface area contributed by atoms with Gasteiger partial charge in [-0.3, -0.25) is 14.4 Å². The van der Waals surface area contributed by atoms with E-state index in [0.717, 1.165) is 64.5 Å². The van der Waals surface area contributed by atoms with Gasteiger partial charge in [0.1, 0.15) is 5.60 Å². The molecule has 13 nitrogen and oxygen atoms in total. The van der Waals surface area contributed by atoms with E-state index >= 15 is 0 Å². The van der Waals surface area contributed by atoms with Crippen LogP contribution < -0.4 is 32.7 Å². The first-order valence-corrected chi connectivity index (χ1v) is 16.4. The maximum absolute atomic E-state index is 11.8. The van der Waals surface area contributed by atoms with E-state index in [9.17, 15) is 24.3 Å². The van der Waals surface area contributed by atoms with Crippen LogP contribution in [-0.4, -0.2) is 96.4 Å². The van der Waals surface area contributed by atoms with Crippen LogP contribution in [-0.2, 0) is 19.1 Å². The molecule has 0 heterocycles. The molecule has 10 N–H and O–H groups in total. The number of nitrogens with one attached hydrogen (secondary N) is 4. The van der Waals surface area contributed by atoms with Crippen molar-refractivity contribution in [2.45, 2.75) is 103 Å². The molecule has 0 aromatic rings. The van der Waals surface area contributed by atoms with Crippen molar-refractivity contribution in [3.05, 3.63) is 0 Å². The Kier molecular flexibility index (Phi) is 17.6. The molecule has 2 fully saturated rings. The zero-order valence-corrected chi connectivity index (χ0v) is 27.7. The number of hydrogen-bond donors (Lipinski definition) is 8. The van der Waals surface area contributed by atoms with Crippen LogP contribution in [0.1, 0.15) is 85.0 Å². The molecule has 0 saturated heterocycles. The Hall–Kier alpha value is -2.00. The van der Waals surface area contributed by atoms with Crippen molar-refractivity contribution in [2.75, 3.05) is 44.6 Å². The van der Waals surface area contributed by atoms with Gasteiger partial charge in [0.15, 0.2) is 0 Å². The van der Waals surface area contributed by atoms with Crippen molar-refractivity contribution in [3.63, 3.8) is 0 Å². The fourth-order valence-electron chi connectivity index (χ4n) is 5.77. The van der Waals surface area contributed by atoms with Gasteiger partial charge < -0.3 is 47.7 Å². The molecule has 0 unspecified atom stereocenters. The average molecular weight is 680 g/mol. The molecule has 0 spiro atoms. The van der Waals surface area contributed by atoms with Crippen LogP contribution in [0.2, 0.25) is 0 Å². The molecule has 0 bridgehead atoms. The molecule has 14 heteroatoms. The van der Waals surface area contributed by atoms with Crippen LogP contribution in [0.15, 0.2) is 0 Å². The van der Waals surface area contributed by atoms with Crippen LogP contribution >= 0.6 is 15.9 Å². The fraction of sp³-hybridized carbons (Fsp3) is 0.862. The van der Waals surface area contributed by atoms with Gasteiger partial charge in [-0.2, -0.15) is 0 Å². The number of carbonyl (C=O) groups is 4. The smallest absolute Gasteiger partial charge is 0.407 e. The van der Waals surface area contributed by atoms with Crippen molar-refractivity contribution < 1.29 is 34.1 Å². The van der Waals surface area contributed by atoms with Crippen LogP contribution in [0.5, 0.6) is 0 Å². The zero-order chi connectivity index (χ0) is 32.5. The summed E-state index contributed by atoms with van der Waals surface area (Å²) in [4.78, 5) is 45.0. The molecule has 0 radical (unpaired) electrons. The van der Waals surface area contributed by atoms with Gasteiger partial charge in [0, 0.05) is 44.8 Å². The lowest BCUT2D eigenvalue weighted by Gasteiger charge is -2.39. The number of carboxylic acids is 2. The highest BCUT2D eigenvalue weighted by Crippen LogP contribution is 2.39. The molecule has 2 aliphatic rings. The summed E-state index contributed by atoms with van der Waals surface area (Å²) in [5.74, 6) is -1.61. The predicted octanol–water partition coefficient (Wildman–Crippen LogP) is 1.91. The van der Waals surface area contributed by atoms with E-state index in [1.807, 2.05) is 0 Å². The van der Waals surface area contributed by atoms with Crippen molar-refractivity contribution in [1.82, 2.24) is 21.3 Å². The molecule has 0 aromatic carbocycles. The maximum Gasteiger partial charge on any atom is 0.407 e. The van der Waals surface area contributed by atoms with Gasteiger partial charge in [0.25, 0.3) is 0 Å². The lowest BCUT2D eigenvalue weighted by molar-refractivity contribution is -0.141. The third-order valence-corrected chi connectivity index (χ3v) is 8.67. The number of aliphatic carboxylic acids is 2. The summed E-state index contributed by atoms with van der Waals surface area (Å²) >= 11 is 3.09. The Balaban J connectivity index is 0.000000434. The van der Waals surface area contributed by atoms with E-state index in [4.69, 9.17) is 21.3 Å². The third kappa shape index (κ3) is 16.6. The van der Waals surface area contributed by atoms with Gasteiger partial charge in [-0.05, 0) is 89.5 Å². The zero-order valence-electron chi connectivity index (χ0n) is 26.1. The topological polar surface area (TPSA) is 218 Å². The number of halogens is 1. The van der Waals surface area contributed by atoms with Crippen molar-refractivity contribution >= 4 is 39.9 Å². The van der Waals surface area contributed by atoms with E-state index in [1.165, 1.54) is 0 Å². The number of rotatable bonds is 15. The number of ether oxygens (including phenoxy) is 1. The summed E-state index contributed by atoms with van der Waals surface area (Å²) in [6.45, 7) is 8.88. The first kappa shape index (κ1) is 39.0. The van der Waals surface area contributed by atoms with Crippen molar-refractivity contribution in [1.29, 1.82) is 0 Å². The molecule has 0 aliphatic heterocycles. The second-order valence-corrected chi connectivity index (χ2v) is 13.5. The van der Waals surface area contributed by atoms with Gasteiger partial charge >= 0.3 is 18.0 Å². The Morgan fingerprint density at radius 1 is 0.814 bits per heavy atom. The van der Waals surface area contributed by atoms with Gasteiger partial charge in [-0.1, -0.05) is 15.9 Å². The van der Waals surface area contributed by atoms with Gasteiger partial charge in [-0.15, -0.1) is 0 Å². The summed E-state index contributed by atoms with van der Waals surface area (Å²) in [5.41, 5.74) is 10.1. The molecule has 2 amide bonds. The first-order chi connectivity index (χ1) is 20.2. The monoisotopic (exact) mass is 678 g/mol. The third-order valence-electron chi connectivity index (χ3n) is 8.16. The standard InChI is InChI=1S/C16H31N3O4.C13H24BrN3O3/c1-15(2,3)23-14(22)19-11-16(10-13(20)21)6-4-12(5-7-16)18-9-8-17;14-8-11(18)17-6-5-16-10-1-3-13(9-15,4-2-10)7-12(19)20/h12,18H,4-11,17H2,1-3H3,(H,19,22)(H,20,21);10,16H,1-9,15H2,(H,17,18)(H,19,20). The van der Waals surface area contributed by atoms with E-state index in [0.29, 0.717) is 43.6 Å². The lowest BCUT2D eigenvalue weighted by atomic mass is 9.70. The largest absolute Gasteiger partial charge is 0.481 e. The number of nitrogens with two attached hydrogens (primary N) is 2. The SMILES string of the molecule is CC(C)(C)OC(=O)NCC1(CC(=O)O)CCC(NCCN)CC1.NCC1(CC(=O)O)CCC(NCCNC(=O)CBr)CC1. The minimum absolute atomic E-state index is 0.0148. The van der Waals surface area contributed by atoms with E-state index in [2.05, 4.69) is 37.2 Å². The first-order valence-electron chi connectivity index (χ1n) is 15.3. The molecule has 2 saturated carbocycles. The van der Waals surface area contributed by atoms with Gasteiger partial charge in [0.05, 0.1) is 18.2 Å². The Bertz CT molecular complexity index is 870. The van der Waals surface area contributed by atoms with Gasteiger partial charge in [0.2, 0.25) is 5.91 Å². The van der Waals surface area contributed by atoms with Crippen LogP contribution in [0, 0.1) is 10.8 Å². The van der Waals surface area contributed by atoms with Crippen molar-refractivity contribution in [3.8, 4) is 0 Å². The summed E-state index contributed by atoms with van der Waals surface area (Å²) in [5, 5.41) is 30.8. The highest BCUT2D eigenvalue weighted by atomic mass is 79.9. The highest BCUT2D eigenvalue weighted by Gasteiger charge is 2.38. The number of alkyl carbamates (subject to hydrolysis) is 1. The molecule has 0 atom stereocenters. The van der Waals surface area contributed by atoms with Crippen LogP contribution in [0.25, 0.3) is 0 Å². The van der Waals surface area contributed by atoms with Crippen LogP contribution in [0.4, 0.5) is 4.79 Å². The molecular weight excluding hydrogens is 624 g/mol. The van der Waals surface area contributed by atoms with Crippen molar-refractivity contribution in [2.24, 2.45) is 22.3 Å². The number of carbonyl (C=O) groups excluding carboxylic acids is 2. The van der Waals surface area contributed by atoms with E-state index in [1.54, 1.807) is 20.8 Å². The average Bonchev–Trinajstić information content (AvgIpc) is 2.93. The summed E-state index contributed by atoms with van der Waals surface area (Å²) in [6.07, 6.45) is 6.62. The fourth-order valence-corrected chi connectivity index (χ4v) is 5.96. The second-order valence-electron chi connectivity index (χ2n) is 12.9. The summed E-state index contributed by atoms with van der Waals surface area (Å²) in [7, 11) is 0. The Labute approximate surface area is 264 Å². The molecule has 2 rings (SSSR count). The number of alkyl halides is 1. The quantitative estimate of drug-likeness (QED) is 0.0924. The minimum atomic E-state index is -0.829. The normalized spacial score (nSPS) is 25.5. The minimum Gasteiger partial charge on any atom is -0.481 e. The molecule has 0 aromatic heterocycles. The lowest BCUT2D eigenvalue weighted by Crippen LogP contribution is -2.46. The van der Waals surface area contributed by atoms with Gasteiger partial charge in [-0.25, -0.2) is 4.79 Å². The second kappa shape index (κ2) is 19.4. The number of amides is 2. The molecule has 250 valence electrons. The molecule has 43 heavy (non-hydrogen) atoms. The van der Waals surface area contributed by atoms with E-state index in [-0.39, 0.29) is 24.2 Å². The maximum atomic E-state index is 11.8. The number of hydrogen-bond acceptors (Lipinski definition) is 9. The summed E-state index contributed by atoms with van der Waals surface area (Å²) in [6, 6.07) is 0.770.